The lowest BCUT2D eigenvalue weighted by Crippen LogP contribution is -2.20. The summed E-state index contributed by atoms with van der Waals surface area (Å²) in [5.41, 5.74) is 5.64. The Kier molecular flexibility index (Phi) is 10.1. The standard InChI is InChI=1S/C34H47N3O3/c1-10-11-12-13-16-40-17-14-15-35-32-36-28-18-23(2)24(3)19-29(28)37(32)22-30(38)25-20-26(33(4,5)6)31(39)27(21-25)34(7,8)9/h1,18-21,39H,11-17,22H2,2-9H3,(H,35,36). The molecule has 3 aromatic rings. The first-order valence-corrected chi connectivity index (χ1v) is 14.4. The molecular weight excluding hydrogens is 498 g/mol. The summed E-state index contributed by atoms with van der Waals surface area (Å²) < 4.78 is 7.72. The van der Waals surface area contributed by atoms with Crippen LogP contribution in [0.5, 0.6) is 5.75 Å². The van der Waals surface area contributed by atoms with Gasteiger partial charge in [-0.15, -0.1) is 12.3 Å². The number of ketones is 1. The van der Waals surface area contributed by atoms with Crippen LogP contribution in [0.3, 0.4) is 0 Å². The molecule has 0 aliphatic carbocycles. The summed E-state index contributed by atoms with van der Waals surface area (Å²) in [7, 11) is 0. The molecule has 40 heavy (non-hydrogen) atoms. The predicted molar refractivity (Wildman–Crippen MR) is 166 cm³/mol. The second-order valence-corrected chi connectivity index (χ2v) is 12.8. The maximum Gasteiger partial charge on any atom is 0.204 e. The van der Waals surface area contributed by atoms with Crippen LogP contribution in [0.15, 0.2) is 24.3 Å². The molecule has 0 atom stereocenters. The van der Waals surface area contributed by atoms with Gasteiger partial charge in [-0.3, -0.25) is 4.79 Å². The molecule has 0 unspecified atom stereocenters. The highest BCUT2D eigenvalue weighted by atomic mass is 16.5. The van der Waals surface area contributed by atoms with Gasteiger partial charge in [-0.1, -0.05) is 41.5 Å². The van der Waals surface area contributed by atoms with Gasteiger partial charge in [-0.2, -0.15) is 0 Å². The van der Waals surface area contributed by atoms with Crippen LogP contribution >= 0.6 is 0 Å². The van der Waals surface area contributed by atoms with Gasteiger partial charge in [0, 0.05) is 42.9 Å². The van der Waals surface area contributed by atoms with Gasteiger partial charge in [0.15, 0.2) is 5.78 Å². The number of rotatable bonds is 12. The van der Waals surface area contributed by atoms with Crippen LogP contribution in [0.25, 0.3) is 11.0 Å². The summed E-state index contributed by atoms with van der Waals surface area (Å²) in [4.78, 5) is 18.7. The fraction of sp³-hybridized carbons (Fsp3) is 0.529. The number of imidazole rings is 1. The zero-order valence-corrected chi connectivity index (χ0v) is 25.7. The molecule has 0 saturated carbocycles. The van der Waals surface area contributed by atoms with Gasteiger partial charge in [0.2, 0.25) is 5.95 Å². The van der Waals surface area contributed by atoms with Crippen molar-refractivity contribution in [2.24, 2.45) is 0 Å². The van der Waals surface area contributed by atoms with Gasteiger partial charge in [-0.25, -0.2) is 4.98 Å². The number of terminal acetylenes is 1. The van der Waals surface area contributed by atoms with E-state index in [1.165, 1.54) is 0 Å². The summed E-state index contributed by atoms with van der Waals surface area (Å²) in [5.74, 6) is 3.58. The van der Waals surface area contributed by atoms with E-state index in [0.29, 0.717) is 31.3 Å². The Bertz CT molecular complexity index is 1350. The van der Waals surface area contributed by atoms with Crippen LogP contribution in [-0.4, -0.2) is 40.2 Å². The molecule has 0 saturated heterocycles. The topological polar surface area (TPSA) is 76.4 Å². The van der Waals surface area contributed by atoms with Crippen LogP contribution in [0.2, 0.25) is 0 Å². The van der Waals surface area contributed by atoms with Gasteiger partial charge in [-0.05, 0) is 79.3 Å². The zero-order chi connectivity index (χ0) is 29.7. The Morgan fingerprint density at radius 3 is 2.17 bits per heavy atom. The lowest BCUT2D eigenvalue weighted by molar-refractivity contribution is 0.0973. The number of carbonyl (C=O) groups is 1. The molecule has 0 spiro atoms. The van der Waals surface area contributed by atoms with Crippen molar-refractivity contribution in [1.29, 1.82) is 0 Å². The van der Waals surface area contributed by atoms with Gasteiger partial charge in [0.1, 0.15) is 5.75 Å². The van der Waals surface area contributed by atoms with Gasteiger partial charge >= 0.3 is 0 Å². The minimum absolute atomic E-state index is 0.0214. The van der Waals surface area contributed by atoms with E-state index in [0.717, 1.165) is 59.0 Å². The molecule has 0 aliphatic rings. The number of Topliss-reactive ketones (excluding diaryl/α,β-unsaturated/α-hetero) is 1. The summed E-state index contributed by atoms with van der Waals surface area (Å²) in [6, 6.07) is 7.89. The summed E-state index contributed by atoms with van der Waals surface area (Å²) >= 11 is 0. The zero-order valence-electron chi connectivity index (χ0n) is 25.7. The molecule has 6 heteroatoms. The Hall–Kier alpha value is -3.30. The fourth-order valence-electron chi connectivity index (χ4n) is 4.76. The van der Waals surface area contributed by atoms with E-state index in [1.807, 2.05) is 16.7 Å². The number of ether oxygens (including phenoxy) is 1. The average Bonchev–Trinajstić information content (AvgIpc) is 3.17. The van der Waals surface area contributed by atoms with E-state index in [1.54, 1.807) is 0 Å². The number of phenolic OH excluding ortho intramolecular Hbond substituents is 1. The molecule has 3 rings (SSSR count). The van der Waals surface area contributed by atoms with Crippen molar-refractivity contribution in [3.8, 4) is 18.1 Å². The van der Waals surface area contributed by atoms with Gasteiger partial charge < -0.3 is 19.7 Å². The van der Waals surface area contributed by atoms with Crippen molar-refractivity contribution in [3.63, 3.8) is 0 Å². The molecule has 0 amide bonds. The van der Waals surface area contributed by atoms with E-state index in [9.17, 15) is 9.90 Å². The molecule has 1 heterocycles. The second-order valence-electron chi connectivity index (χ2n) is 12.8. The monoisotopic (exact) mass is 545 g/mol. The fourth-order valence-corrected chi connectivity index (χ4v) is 4.76. The number of anilines is 1. The number of benzene rings is 2. The highest BCUT2D eigenvalue weighted by Crippen LogP contribution is 2.40. The summed E-state index contributed by atoms with van der Waals surface area (Å²) in [5, 5.41) is 14.6. The molecule has 0 bridgehead atoms. The maximum atomic E-state index is 13.9. The van der Waals surface area contributed by atoms with E-state index in [4.69, 9.17) is 16.1 Å². The third-order valence-corrected chi connectivity index (χ3v) is 7.32. The van der Waals surface area contributed by atoms with Crippen molar-refractivity contribution in [2.45, 2.75) is 98.4 Å². The summed E-state index contributed by atoms with van der Waals surface area (Å²) in [6.07, 6.45) is 8.87. The van der Waals surface area contributed by atoms with Crippen LogP contribution in [0.4, 0.5) is 5.95 Å². The highest BCUT2D eigenvalue weighted by Gasteiger charge is 2.28. The Morgan fingerprint density at radius 1 is 0.975 bits per heavy atom. The molecule has 2 aromatic carbocycles. The molecule has 0 aliphatic heterocycles. The third-order valence-electron chi connectivity index (χ3n) is 7.32. The number of carbonyl (C=O) groups excluding carboxylic acids is 1. The predicted octanol–water partition coefficient (Wildman–Crippen LogP) is 7.46. The van der Waals surface area contributed by atoms with Crippen molar-refractivity contribution in [2.75, 3.05) is 25.1 Å². The molecule has 0 fully saturated rings. The first-order chi connectivity index (χ1) is 18.7. The van der Waals surface area contributed by atoms with Gasteiger partial charge in [0.05, 0.1) is 17.6 Å². The maximum absolute atomic E-state index is 13.9. The molecule has 6 nitrogen and oxygen atoms in total. The Balaban J connectivity index is 1.87. The number of aryl methyl sites for hydroxylation is 2. The van der Waals surface area contributed by atoms with Crippen molar-refractivity contribution in [3.05, 3.63) is 52.1 Å². The van der Waals surface area contributed by atoms with Crippen molar-refractivity contribution in [1.82, 2.24) is 9.55 Å². The van der Waals surface area contributed by atoms with Crippen LogP contribution in [0.1, 0.15) is 99.8 Å². The number of phenols is 1. The number of nitrogens with zero attached hydrogens (tertiary/aromatic N) is 2. The minimum atomic E-state index is -0.313. The Labute approximate surface area is 240 Å². The normalized spacial score (nSPS) is 12.1. The van der Waals surface area contributed by atoms with E-state index in [-0.39, 0.29) is 28.9 Å². The van der Waals surface area contributed by atoms with Gasteiger partial charge in [0.25, 0.3) is 0 Å². The van der Waals surface area contributed by atoms with E-state index >= 15 is 0 Å². The number of nitrogens with one attached hydrogen (secondary N) is 1. The largest absolute Gasteiger partial charge is 0.507 e. The number of hydrogen-bond donors (Lipinski definition) is 2. The first kappa shape index (κ1) is 31.2. The minimum Gasteiger partial charge on any atom is -0.507 e. The number of hydrogen-bond acceptors (Lipinski definition) is 5. The van der Waals surface area contributed by atoms with E-state index in [2.05, 4.69) is 78.8 Å². The molecule has 0 radical (unpaired) electrons. The molecular formula is C34H47N3O3. The Morgan fingerprint density at radius 2 is 1.57 bits per heavy atom. The highest BCUT2D eigenvalue weighted by molar-refractivity contribution is 5.98. The van der Waals surface area contributed by atoms with Crippen LogP contribution in [-0.2, 0) is 22.1 Å². The lowest BCUT2D eigenvalue weighted by atomic mass is 9.78. The number of aromatic nitrogens is 2. The molecule has 1 aromatic heterocycles. The number of unbranched alkanes of at least 4 members (excludes halogenated alkanes) is 2. The van der Waals surface area contributed by atoms with Crippen LogP contribution in [0, 0.1) is 26.2 Å². The lowest BCUT2D eigenvalue weighted by Gasteiger charge is -2.28. The second kappa shape index (κ2) is 12.9. The van der Waals surface area contributed by atoms with Crippen molar-refractivity contribution >= 4 is 22.8 Å². The van der Waals surface area contributed by atoms with Crippen molar-refractivity contribution < 1.29 is 14.6 Å². The quantitative estimate of drug-likeness (QED) is 0.140. The smallest absolute Gasteiger partial charge is 0.204 e. The molecule has 216 valence electrons. The SMILES string of the molecule is C#CCCCCOCCCNc1nc2cc(C)c(C)cc2n1CC(=O)c1cc(C(C)(C)C)c(O)c(C(C)(C)C)c1. The van der Waals surface area contributed by atoms with Crippen LogP contribution < -0.4 is 5.32 Å². The number of aromatic hydroxyl groups is 1. The third kappa shape index (κ3) is 7.67. The first-order valence-electron chi connectivity index (χ1n) is 14.4. The summed E-state index contributed by atoms with van der Waals surface area (Å²) in [6.45, 7) is 18.7. The number of fused-ring (bicyclic) bond motifs is 1. The molecule has 2 N–H and O–H groups in total. The average molecular weight is 546 g/mol. The van der Waals surface area contributed by atoms with E-state index < -0.39 is 0 Å².